The van der Waals surface area contributed by atoms with E-state index < -0.39 is 0 Å². The molecule has 1 aliphatic rings. The first-order valence-electron chi connectivity index (χ1n) is 6.56. The van der Waals surface area contributed by atoms with Crippen LogP contribution in [0, 0.1) is 0 Å². The Morgan fingerprint density at radius 1 is 1.42 bits per heavy atom. The standard InChI is InChI=1S/C14H21N3O2/c1-19-14(18)16-13-6-7-17(10-13)9-12-4-2-11(8-15)3-5-12/h2-5,13H,6-10,15H2,1H3,(H,16,18). The summed E-state index contributed by atoms with van der Waals surface area (Å²) in [7, 11) is 1.39. The maximum absolute atomic E-state index is 11.1. The summed E-state index contributed by atoms with van der Waals surface area (Å²) in [6.07, 6.45) is 0.620. The first-order chi connectivity index (χ1) is 9.21. The number of methoxy groups -OCH3 is 1. The molecule has 1 aromatic carbocycles. The molecule has 0 radical (unpaired) electrons. The topological polar surface area (TPSA) is 67.6 Å². The minimum Gasteiger partial charge on any atom is -0.453 e. The Kier molecular flexibility index (Phi) is 4.76. The Balaban J connectivity index is 1.82. The van der Waals surface area contributed by atoms with Crippen molar-refractivity contribution in [2.75, 3.05) is 20.2 Å². The van der Waals surface area contributed by atoms with Crippen molar-refractivity contribution in [1.29, 1.82) is 0 Å². The fourth-order valence-electron chi connectivity index (χ4n) is 2.36. The molecular weight excluding hydrogens is 242 g/mol. The van der Waals surface area contributed by atoms with Crippen molar-refractivity contribution in [3.05, 3.63) is 35.4 Å². The number of hydrogen-bond donors (Lipinski definition) is 2. The average molecular weight is 263 g/mol. The Morgan fingerprint density at radius 3 is 2.74 bits per heavy atom. The fraction of sp³-hybridized carbons (Fsp3) is 0.500. The zero-order chi connectivity index (χ0) is 13.7. The van der Waals surface area contributed by atoms with Gasteiger partial charge in [0.2, 0.25) is 0 Å². The van der Waals surface area contributed by atoms with Gasteiger partial charge in [-0.2, -0.15) is 0 Å². The van der Waals surface area contributed by atoms with Crippen LogP contribution >= 0.6 is 0 Å². The highest BCUT2D eigenvalue weighted by molar-refractivity contribution is 5.67. The number of amides is 1. The van der Waals surface area contributed by atoms with Crippen molar-refractivity contribution in [1.82, 2.24) is 10.2 Å². The van der Waals surface area contributed by atoms with Crippen molar-refractivity contribution < 1.29 is 9.53 Å². The van der Waals surface area contributed by atoms with Crippen LogP contribution in [0.3, 0.4) is 0 Å². The molecular formula is C14H21N3O2. The molecule has 0 aromatic heterocycles. The monoisotopic (exact) mass is 263 g/mol. The average Bonchev–Trinajstić information content (AvgIpc) is 2.86. The summed E-state index contributed by atoms with van der Waals surface area (Å²) in [4.78, 5) is 13.5. The molecule has 104 valence electrons. The molecule has 1 aromatic rings. The Morgan fingerprint density at radius 2 is 2.11 bits per heavy atom. The number of carbonyl (C=O) groups is 1. The Labute approximate surface area is 113 Å². The molecule has 0 aliphatic carbocycles. The molecule has 1 unspecified atom stereocenters. The number of likely N-dealkylation sites (tertiary alicyclic amines) is 1. The summed E-state index contributed by atoms with van der Waals surface area (Å²) in [5.41, 5.74) is 8.00. The summed E-state index contributed by atoms with van der Waals surface area (Å²) >= 11 is 0. The number of hydrogen-bond acceptors (Lipinski definition) is 4. The molecule has 1 atom stereocenters. The van der Waals surface area contributed by atoms with Gasteiger partial charge in [0.05, 0.1) is 7.11 Å². The molecule has 1 fully saturated rings. The van der Waals surface area contributed by atoms with Crippen LogP contribution in [-0.4, -0.2) is 37.2 Å². The lowest BCUT2D eigenvalue weighted by Crippen LogP contribution is -2.36. The van der Waals surface area contributed by atoms with Gasteiger partial charge in [-0.25, -0.2) is 4.79 Å². The molecule has 3 N–H and O–H groups in total. The summed E-state index contributed by atoms with van der Waals surface area (Å²) in [5, 5.41) is 2.84. The first-order valence-corrected chi connectivity index (χ1v) is 6.56. The van der Waals surface area contributed by atoms with E-state index in [-0.39, 0.29) is 12.1 Å². The summed E-state index contributed by atoms with van der Waals surface area (Å²) in [6, 6.07) is 8.55. The number of nitrogens with two attached hydrogens (primary N) is 1. The number of alkyl carbamates (subject to hydrolysis) is 1. The number of nitrogens with one attached hydrogen (secondary N) is 1. The lowest BCUT2D eigenvalue weighted by Gasteiger charge is -2.16. The number of rotatable bonds is 4. The number of carbonyl (C=O) groups excluding carboxylic acids is 1. The zero-order valence-corrected chi connectivity index (χ0v) is 11.3. The number of nitrogens with zero attached hydrogens (tertiary/aromatic N) is 1. The van der Waals surface area contributed by atoms with E-state index in [0.717, 1.165) is 31.6 Å². The summed E-state index contributed by atoms with van der Waals surface area (Å²) in [5.74, 6) is 0. The fourth-order valence-corrected chi connectivity index (χ4v) is 2.36. The molecule has 1 aliphatic heterocycles. The lowest BCUT2D eigenvalue weighted by molar-refractivity contribution is 0.166. The number of ether oxygens (including phenoxy) is 1. The predicted octanol–water partition coefficient (Wildman–Crippen LogP) is 1.08. The van der Waals surface area contributed by atoms with Crippen LogP contribution in [-0.2, 0) is 17.8 Å². The van der Waals surface area contributed by atoms with Crippen molar-refractivity contribution in [2.45, 2.75) is 25.6 Å². The van der Waals surface area contributed by atoms with Crippen LogP contribution in [0.2, 0.25) is 0 Å². The van der Waals surface area contributed by atoms with Crippen LogP contribution in [0.1, 0.15) is 17.5 Å². The van der Waals surface area contributed by atoms with Crippen LogP contribution in [0.25, 0.3) is 0 Å². The van der Waals surface area contributed by atoms with Crippen molar-refractivity contribution in [3.63, 3.8) is 0 Å². The molecule has 2 rings (SSSR count). The molecule has 0 bridgehead atoms. The molecule has 0 saturated carbocycles. The van der Waals surface area contributed by atoms with E-state index in [0.29, 0.717) is 6.54 Å². The van der Waals surface area contributed by atoms with Gasteiger partial charge in [-0.05, 0) is 17.5 Å². The van der Waals surface area contributed by atoms with Gasteiger partial charge in [-0.3, -0.25) is 4.90 Å². The Bertz CT molecular complexity index is 419. The SMILES string of the molecule is COC(=O)NC1CCN(Cc2ccc(CN)cc2)C1. The highest BCUT2D eigenvalue weighted by Gasteiger charge is 2.23. The third kappa shape index (κ3) is 3.94. The molecule has 1 heterocycles. The van der Waals surface area contributed by atoms with Crippen LogP contribution in [0.15, 0.2) is 24.3 Å². The molecule has 5 heteroatoms. The van der Waals surface area contributed by atoms with E-state index in [1.807, 2.05) is 0 Å². The van der Waals surface area contributed by atoms with Crippen LogP contribution in [0.5, 0.6) is 0 Å². The van der Waals surface area contributed by atoms with E-state index in [1.54, 1.807) is 0 Å². The predicted molar refractivity (Wildman–Crippen MR) is 73.6 cm³/mol. The van der Waals surface area contributed by atoms with E-state index >= 15 is 0 Å². The second-order valence-electron chi connectivity index (χ2n) is 4.88. The van der Waals surface area contributed by atoms with E-state index in [9.17, 15) is 4.79 Å². The van der Waals surface area contributed by atoms with E-state index in [2.05, 4.69) is 39.2 Å². The van der Waals surface area contributed by atoms with Crippen molar-refractivity contribution >= 4 is 6.09 Å². The van der Waals surface area contributed by atoms with Gasteiger partial charge in [0.25, 0.3) is 0 Å². The highest BCUT2D eigenvalue weighted by atomic mass is 16.5. The van der Waals surface area contributed by atoms with Gasteiger partial charge in [0.15, 0.2) is 0 Å². The maximum Gasteiger partial charge on any atom is 0.407 e. The van der Waals surface area contributed by atoms with Gasteiger partial charge in [0, 0.05) is 32.2 Å². The maximum atomic E-state index is 11.1. The molecule has 0 spiro atoms. The highest BCUT2D eigenvalue weighted by Crippen LogP contribution is 2.14. The molecule has 1 saturated heterocycles. The van der Waals surface area contributed by atoms with Crippen LogP contribution < -0.4 is 11.1 Å². The third-order valence-electron chi connectivity index (χ3n) is 3.44. The summed E-state index contributed by atoms with van der Waals surface area (Å²) < 4.78 is 4.61. The van der Waals surface area contributed by atoms with Crippen LogP contribution in [0.4, 0.5) is 4.79 Å². The third-order valence-corrected chi connectivity index (χ3v) is 3.44. The lowest BCUT2D eigenvalue weighted by atomic mass is 10.1. The van der Waals surface area contributed by atoms with Gasteiger partial charge < -0.3 is 15.8 Å². The van der Waals surface area contributed by atoms with Gasteiger partial charge in [-0.1, -0.05) is 24.3 Å². The zero-order valence-electron chi connectivity index (χ0n) is 11.3. The first kappa shape index (κ1) is 13.8. The minimum atomic E-state index is -0.348. The molecule has 19 heavy (non-hydrogen) atoms. The molecule has 1 amide bonds. The Hall–Kier alpha value is -1.59. The van der Waals surface area contributed by atoms with E-state index in [1.165, 1.54) is 12.7 Å². The van der Waals surface area contributed by atoms with Crippen molar-refractivity contribution in [2.24, 2.45) is 5.73 Å². The smallest absolute Gasteiger partial charge is 0.407 e. The largest absolute Gasteiger partial charge is 0.453 e. The minimum absolute atomic E-state index is 0.191. The summed E-state index contributed by atoms with van der Waals surface area (Å²) in [6.45, 7) is 3.35. The second kappa shape index (κ2) is 6.54. The normalized spacial score (nSPS) is 19.4. The van der Waals surface area contributed by atoms with Gasteiger partial charge >= 0.3 is 6.09 Å². The number of benzene rings is 1. The van der Waals surface area contributed by atoms with E-state index in [4.69, 9.17) is 5.73 Å². The second-order valence-corrected chi connectivity index (χ2v) is 4.88. The van der Waals surface area contributed by atoms with Crippen molar-refractivity contribution in [3.8, 4) is 0 Å². The quantitative estimate of drug-likeness (QED) is 0.853. The van der Waals surface area contributed by atoms with Gasteiger partial charge in [-0.15, -0.1) is 0 Å². The van der Waals surface area contributed by atoms with Gasteiger partial charge in [0.1, 0.15) is 0 Å². The molecule has 5 nitrogen and oxygen atoms in total.